The van der Waals surface area contributed by atoms with Gasteiger partial charge in [-0.3, -0.25) is 9.98 Å². The van der Waals surface area contributed by atoms with Crippen LogP contribution in [-0.4, -0.2) is 27.0 Å². The third-order valence-corrected chi connectivity index (χ3v) is 10.8. The van der Waals surface area contributed by atoms with E-state index < -0.39 is 0 Å². The number of hydrogen-bond acceptors (Lipinski definition) is 6. The molecule has 0 saturated carbocycles. The first-order valence-electron chi connectivity index (χ1n) is 18.1. The molecule has 50 heavy (non-hydrogen) atoms. The van der Waals surface area contributed by atoms with Gasteiger partial charge in [-0.25, -0.2) is 4.98 Å². The molecule has 258 valence electrons. The van der Waals surface area contributed by atoms with Crippen LogP contribution in [0.1, 0.15) is 130 Å². The van der Waals surface area contributed by atoms with Crippen LogP contribution in [0, 0.1) is 13.8 Å². The summed E-state index contributed by atoms with van der Waals surface area (Å²) in [5, 5.41) is 11.7. The van der Waals surface area contributed by atoms with Crippen molar-refractivity contribution in [1.29, 1.82) is 0 Å². The van der Waals surface area contributed by atoms with Crippen LogP contribution in [0.15, 0.2) is 77.9 Å². The largest absolute Gasteiger partial charge is 0.504 e. The number of pyridine rings is 2. The van der Waals surface area contributed by atoms with E-state index in [0.717, 1.165) is 34.3 Å². The number of ether oxygens (including phenoxy) is 1. The second-order valence-corrected chi connectivity index (χ2v) is 15.9. The molecule has 2 aromatic heterocycles. The zero-order valence-electron chi connectivity index (χ0n) is 31.2. The lowest BCUT2D eigenvalue weighted by molar-refractivity contribution is 0.363. The molecule has 3 aromatic carbocycles. The molecule has 0 saturated heterocycles. The van der Waals surface area contributed by atoms with Gasteiger partial charge < -0.3 is 14.7 Å². The number of aromatic nitrogens is 2. The second kappa shape index (κ2) is 12.6. The molecule has 0 amide bonds. The van der Waals surface area contributed by atoms with E-state index in [1.54, 1.807) is 13.1 Å². The molecule has 2 atom stereocenters. The number of aliphatic imine (C=N–C) groups is 1. The summed E-state index contributed by atoms with van der Waals surface area (Å²) in [6, 6.07) is 24.3. The van der Waals surface area contributed by atoms with Crippen LogP contribution in [0.3, 0.4) is 0 Å². The Hall–Kier alpha value is -4.71. The monoisotopic (exact) mass is 666 g/mol. The highest BCUT2D eigenvalue weighted by atomic mass is 16.5. The number of fused-ring (bicyclic) bond motifs is 4. The number of anilines is 1. The van der Waals surface area contributed by atoms with Gasteiger partial charge in [-0.15, -0.1) is 0 Å². The molecule has 0 fully saturated rings. The molecular weight excluding hydrogens is 617 g/mol. The predicted molar refractivity (Wildman–Crippen MR) is 206 cm³/mol. The van der Waals surface area contributed by atoms with E-state index >= 15 is 0 Å². The first-order valence-corrected chi connectivity index (χ1v) is 18.1. The van der Waals surface area contributed by atoms with Crippen molar-refractivity contribution in [3.8, 4) is 17.4 Å². The molecule has 6 nitrogen and oxygen atoms in total. The van der Waals surface area contributed by atoms with Gasteiger partial charge in [0.1, 0.15) is 17.1 Å². The van der Waals surface area contributed by atoms with Gasteiger partial charge in [0.2, 0.25) is 5.88 Å². The number of benzene rings is 3. The fourth-order valence-electron chi connectivity index (χ4n) is 8.04. The minimum atomic E-state index is -0.0150. The van der Waals surface area contributed by atoms with E-state index in [0.29, 0.717) is 34.7 Å². The van der Waals surface area contributed by atoms with E-state index in [4.69, 9.17) is 14.7 Å². The Morgan fingerprint density at radius 1 is 0.860 bits per heavy atom. The van der Waals surface area contributed by atoms with Crippen LogP contribution in [0.4, 0.5) is 5.69 Å². The SMILES string of the molecule is Cc1ncc2c(C)cc(Oc3cc(C4=N[C@H]5c6ccccc6C(C)(C)C[C@@H]5N4c4c(C(C)C)cccc4C(C)C)cc(C(C)C)c3)nc2c1O. The summed E-state index contributed by atoms with van der Waals surface area (Å²) in [7, 11) is 0. The van der Waals surface area contributed by atoms with Crippen molar-refractivity contribution in [3.63, 3.8) is 0 Å². The van der Waals surface area contributed by atoms with E-state index in [-0.39, 0.29) is 29.2 Å². The normalized spacial score (nSPS) is 18.2. The van der Waals surface area contributed by atoms with Crippen LogP contribution in [0.2, 0.25) is 0 Å². The number of hydrogen-bond donors (Lipinski definition) is 1. The van der Waals surface area contributed by atoms with Crippen LogP contribution >= 0.6 is 0 Å². The zero-order valence-corrected chi connectivity index (χ0v) is 31.2. The van der Waals surface area contributed by atoms with Gasteiger partial charge in [-0.1, -0.05) is 97.9 Å². The minimum absolute atomic E-state index is 0.00570. The molecule has 0 spiro atoms. The first kappa shape index (κ1) is 33.8. The number of rotatable bonds is 7. The van der Waals surface area contributed by atoms with Gasteiger partial charge in [0.25, 0.3) is 0 Å². The van der Waals surface area contributed by atoms with E-state index in [9.17, 15) is 5.11 Å². The lowest BCUT2D eigenvalue weighted by Gasteiger charge is -2.43. The Morgan fingerprint density at radius 2 is 1.56 bits per heavy atom. The molecule has 7 rings (SSSR count). The van der Waals surface area contributed by atoms with Gasteiger partial charge in [-0.2, -0.15) is 0 Å². The Bertz CT molecular complexity index is 2120. The van der Waals surface area contributed by atoms with Crippen LogP contribution in [0.5, 0.6) is 17.4 Å². The van der Waals surface area contributed by atoms with Gasteiger partial charge in [0.15, 0.2) is 5.75 Å². The Morgan fingerprint density at radius 3 is 2.24 bits per heavy atom. The molecule has 2 aliphatic rings. The maximum atomic E-state index is 10.8. The van der Waals surface area contributed by atoms with Gasteiger partial charge in [0, 0.05) is 28.9 Å². The topological polar surface area (TPSA) is 70.8 Å². The Balaban J connectivity index is 1.43. The molecule has 1 aliphatic carbocycles. The number of nitrogens with zero attached hydrogens (tertiary/aromatic N) is 4. The molecule has 0 unspecified atom stereocenters. The maximum absolute atomic E-state index is 10.8. The molecule has 0 bridgehead atoms. The highest BCUT2D eigenvalue weighted by Gasteiger charge is 2.48. The number of para-hydroxylation sites is 1. The third kappa shape index (κ3) is 5.73. The zero-order chi connectivity index (χ0) is 35.6. The van der Waals surface area contributed by atoms with Crippen LogP contribution in [-0.2, 0) is 5.41 Å². The number of aromatic hydroxyl groups is 1. The van der Waals surface area contributed by atoms with Gasteiger partial charge >= 0.3 is 0 Å². The average molecular weight is 667 g/mol. The summed E-state index contributed by atoms with van der Waals surface area (Å²) < 4.78 is 6.61. The molecule has 1 N–H and O–H groups in total. The molecule has 0 radical (unpaired) electrons. The average Bonchev–Trinajstić information content (AvgIpc) is 3.44. The summed E-state index contributed by atoms with van der Waals surface area (Å²) in [6.45, 7) is 22.2. The summed E-state index contributed by atoms with van der Waals surface area (Å²) in [5.74, 6) is 3.13. The summed E-state index contributed by atoms with van der Waals surface area (Å²) >= 11 is 0. The fraction of sp³-hybridized carbons (Fsp3) is 0.386. The van der Waals surface area contributed by atoms with Crippen molar-refractivity contribution in [2.45, 2.75) is 111 Å². The third-order valence-electron chi connectivity index (χ3n) is 10.8. The first-order chi connectivity index (χ1) is 23.7. The van der Waals surface area contributed by atoms with Crippen molar-refractivity contribution < 1.29 is 9.84 Å². The second-order valence-electron chi connectivity index (χ2n) is 15.9. The summed E-state index contributed by atoms with van der Waals surface area (Å²) in [4.78, 5) is 17.4. The Kier molecular flexibility index (Phi) is 8.48. The molecule has 5 aromatic rings. The van der Waals surface area contributed by atoms with E-state index in [1.807, 2.05) is 13.0 Å². The standard InChI is InChI=1S/C44H50N4O2/c1-24(2)29-19-30(21-31(20-29)50-38-18-27(7)35-23-45-28(8)42(49)40(35)46-38)43-47-39-34-14-11-12-17-36(34)44(9,10)22-37(39)48(43)41-32(25(3)4)15-13-16-33(41)26(5)6/h11-21,23-26,37,39,49H,22H2,1-10H3/t37-,39-/m0/s1. The molecule has 3 heterocycles. The number of amidine groups is 1. The lowest BCUT2D eigenvalue weighted by atomic mass is 9.68. The molecular formula is C44H50N4O2. The summed E-state index contributed by atoms with van der Waals surface area (Å²) in [6.07, 6.45) is 2.75. The smallest absolute Gasteiger partial charge is 0.220 e. The van der Waals surface area contributed by atoms with Crippen molar-refractivity contribution in [2.24, 2.45) is 4.99 Å². The lowest BCUT2D eigenvalue weighted by Crippen LogP contribution is -2.45. The van der Waals surface area contributed by atoms with Crippen LogP contribution in [0.25, 0.3) is 10.9 Å². The fourth-order valence-corrected chi connectivity index (χ4v) is 8.04. The van der Waals surface area contributed by atoms with Crippen LogP contribution < -0.4 is 9.64 Å². The quantitative estimate of drug-likeness (QED) is 0.187. The predicted octanol–water partition coefficient (Wildman–Crippen LogP) is 11.2. The molecule has 1 aliphatic heterocycles. The summed E-state index contributed by atoms with van der Waals surface area (Å²) in [5.41, 5.74) is 10.9. The van der Waals surface area contributed by atoms with Gasteiger partial charge in [0.05, 0.1) is 17.8 Å². The van der Waals surface area contributed by atoms with Crippen molar-refractivity contribution in [2.75, 3.05) is 4.90 Å². The highest BCUT2D eigenvalue weighted by Crippen LogP contribution is 2.52. The molecule has 6 heteroatoms. The van der Waals surface area contributed by atoms with Crippen molar-refractivity contribution in [3.05, 3.63) is 118 Å². The van der Waals surface area contributed by atoms with Crippen molar-refractivity contribution in [1.82, 2.24) is 9.97 Å². The highest BCUT2D eigenvalue weighted by molar-refractivity contribution is 6.13. The number of aryl methyl sites for hydroxylation is 2. The van der Waals surface area contributed by atoms with Gasteiger partial charge in [-0.05, 0) is 95.0 Å². The minimum Gasteiger partial charge on any atom is -0.504 e. The Labute approximate surface area is 297 Å². The maximum Gasteiger partial charge on any atom is 0.220 e. The van der Waals surface area contributed by atoms with Crippen molar-refractivity contribution >= 4 is 22.4 Å². The van der Waals surface area contributed by atoms with E-state index in [2.05, 4.69) is 126 Å². The van der Waals surface area contributed by atoms with E-state index in [1.165, 1.54) is 27.9 Å².